The number of ether oxygens (including phenoxy) is 1. The van der Waals surface area contributed by atoms with E-state index in [2.05, 4.69) is 5.32 Å². The number of carbonyl (C=O) groups excluding carboxylic acids is 1. The van der Waals surface area contributed by atoms with Crippen molar-refractivity contribution in [1.82, 2.24) is 0 Å². The molecular formula is C15H20ClNO2. The third kappa shape index (κ3) is 3.87. The number of hydrogen-bond donors (Lipinski definition) is 1. The van der Waals surface area contributed by atoms with Crippen LogP contribution in [0.2, 0.25) is 5.02 Å². The minimum atomic E-state index is 0.114. The first-order valence-electron chi connectivity index (χ1n) is 6.85. The lowest BCUT2D eigenvalue weighted by Gasteiger charge is -2.14. The number of halogens is 1. The summed E-state index contributed by atoms with van der Waals surface area (Å²) in [4.78, 5) is 12.2. The highest BCUT2D eigenvalue weighted by Crippen LogP contribution is 2.28. The van der Waals surface area contributed by atoms with Crippen molar-refractivity contribution in [3.05, 3.63) is 23.2 Å². The van der Waals surface area contributed by atoms with Gasteiger partial charge in [-0.2, -0.15) is 0 Å². The number of carbonyl (C=O) groups is 1. The van der Waals surface area contributed by atoms with E-state index in [0.29, 0.717) is 10.8 Å². The number of amides is 1. The van der Waals surface area contributed by atoms with Crippen LogP contribution in [-0.2, 0) is 4.79 Å². The van der Waals surface area contributed by atoms with Gasteiger partial charge in [-0.3, -0.25) is 4.79 Å². The molecule has 3 nitrogen and oxygen atoms in total. The second-order valence-corrected chi connectivity index (χ2v) is 5.43. The summed E-state index contributed by atoms with van der Waals surface area (Å²) in [5.41, 5.74) is 0.736. The summed E-state index contributed by atoms with van der Waals surface area (Å²) < 4.78 is 5.09. The SMILES string of the molecule is COc1ccc(NC(=O)C2CCCCCC2)cc1Cl. The Labute approximate surface area is 119 Å². The van der Waals surface area contributed by atoms with Crippen molar-refractivity contribution in [1.29, 1.82) is 0 Å². The molecule has 0 unspecified atom stereocenters. The highest BCUT2D eigenvalue weighted by Gasteiger charge is 2.20. The van der Waals surface area contributed by atoms with Crippen LogP contribution in [0, 0.1) is 5.92 Å². The lowest BCUT2D eigenvalue weighted by Crippen LogP contribution is -2.22. The predicted molar refractivity (Wildman–Crippen MR) is 77.8 cm³/mol. The van der Waals surface area contributed by atoms with Crippen molar-refractivity contribution in [2.24, 2.45) is 5.92 Å². The van der Waals surface area contributed by atoms with E-state index in [0.717, 1.165) is 31.4 Å². The zero-order chi connectivity index (χ0) is 13.7. The topological polar surface area (TPSA) is 38.3 Å². The summed E-state index contributed by atoms with van der Waals surface area (Å²) in [6, 6.07) is 5.32. The summed E-state index contributed by atoms with van der Waals surface area (Å²) in [5, 5.41) is 3.47. The Kier molecular flexibility index (Phi) is 5.08. The number of anilines is 1. The lowest BCUT2D eigenvalue weighted by molar-refractivity contribution is -0.120. The van der Waals surface area contributed by atoms with Crippen molar-refractivity contribution in [3.63, 3.8) is 0 Å². The lowest BCUT2D eigenvalue weighted by atomic mass is 9.99. The molecule has 1 aliphatic carbocycles. The molecule has 1 fully saturated rings. The van der Waals surface area contributed by atoms with Gasteiger partial charge in [0.2, 0.25) is 5.91 Å². The fourth-order valence-corrected chi connectivity index (χ4v) is 2.79. The molecule has 0 spiro atoms. The van der Waals surface area contributed by atoms with Crippen molar-refractivity contribution >= 4 is 23.2 Å². The first-order chi connectivity index (χ1) is 9.20. The van der Waals surface area contributed by atoms with Crippen molar-refractivity contribution < 1.29 is 9.53 Å². The van der Waals surface area contributed by atoms with Gasteiger partial charge in [-0.25, -0.2) is 0 Å². The Morgan fingerprint density at radius 3 is 2.53 bits per heavy atom. The van der Waals surface area contributed by atoms with E-state index < -0.39 is 0 Å². The second-order valence-electron chi connectivity index (χ2n) is 5.03. The molecule has 0 radical (unpaired) electrons. The normalized spacial score (nSPS) is 16.7. The molecule has 1 aromatic carbocycles. The first-order valence-corrected chi connectivity index (χ1v) is 7.23. The Morgan fingerprint density at radius 2 is 1.95 bits per heavy atom. The Balaban J connectivity index is 1.99. The largest absolute Gasteiger partial charge is 0.495 e. The second kappa shape index (κ2) is 6.80. The quantitative estimate of drug-likeness (QED) is 0.841. The fraction of sp³-hybridized carbons (Fsp3) is 0.533. The average Bonchev–Trinajstić information content (AvgIpc) is 2.68. The zero-order valence-corrected chi connectivity index (χ0v) is 12.0. The maximum atomic E-state index is 12.2. The van der Waals surface area contributed by atoms with E-state index >= 15 is 0 Å². The van der Waals surface area contributed by atoms with Gasteiger partial charge in [0.25, 0.3) is 0 Å². The zero-order valence-electron chi connectivity index (χ0n) is 11.2. The van der Waals surface area contributed by atoms with E-state index in [9.17, 15) is 4.79 Å². The maximum absolute atomic E-state index is 12.2. The molecule has 1 amide bonds. The minimum Gasteiger partial charge on any atom is -0.495 e. The van der Waals surface area contributed by atoms with Crippen LogP contribution in [0.5, 0.6) is 5.75 Å². The van der Waals surface area contributed by atoms with E-state index in [4.69, 9.17) is 16.3 Å². The van der Waals surface area contributed by atoms with Gasteiger partial charge in [0.1, 0.15) is 5.75 Å². The summed E-state index contributed by atoms with van der Waals surface area (Å²) in [7, 11) is 1.57. The molecule has 104 valence electrons. The molecule has 0 bridgehead atoms. The molecular weight excluding hydrogens is 262 g/mol. The standard InChI is InChI=1S/C15H20ClNO2/c1-19-14-9-8-12(10-13(14)16)17-15(18)11-6-4-2-3-5-7-11/h8-11H,2-7H2,1H3,(H,17,18). The number of benzene rings is 1. The van der Waals surface area contributed by atoms with Crippen molar-refractivity contribution in [3.8, 4) is 5.75 Å². The van der Waals surface area contributed by atoms with E-state index in [1.54, 1.807) is 19.2 Å². The fourth-order valence-electron chi connectivity index (χ4n) is 2.53. The molecule has 0 atom stereocenters. The van der Waals surface area contributed by atoms with Crippen LogP contribution in [0.3, 0.4) is 0 Å². The summed E-state index contributed by atoms with van der Waals surface area (Å²) in [6.07, 6.45) is 6.80. The molecule has 0 heterocycles. The van der Waals surface area contributed by atoms with Crippen molar-refractivity contribution in [2.75, 3.05) is 12.4 Å². The smallest absolute Gasteiger partial charge is 0.227 e. The molecule has 1 aromatic rings. The highest BCUT2D eigenvalue weighted by atomic mass is 35.5. The van der Waals surface area contributed by atoms with E-state index in [1.165, 1.54) is 12.8 Å². The number of rotatable bonds is 3. The molecule has 1 saturated carbocycles. The Bertz CT molecular complexity index is 440. The molecule has 0 saturated heterocycles. The van der Waals surface area contributed by atoms with E-state index in [-0.39, 0.29) is 11.8 Å². The number of hydrogen-bond acceptors (Lipinski definition) is 2. The third-order valence-electron chi connectivity index (χ3n) is 3.65. The third-order valence-corrected chi connectivity index (χ3v) is 3.94. The van der Waals surface area contributed by atoms with Crippen molar-refractivity contribution in [2.45, 2.75) is 38.5 Å². The van der Waals surface area contributed by atoms with Crippen LogP contribution >= 0.6 is 11.6 Å². The number of nitrogens with one attached hydrogen (secondary N) is 1. The molecule has 19 heavy (non-hydrogen) atoms. The molecule has 1 N–H and O–H groups in total. The van der Waals surface area contributed by atoms with Crippen LogP contribution in [-0.4, -0.2) is 13.0 Å². The van der Waals surface area contributed by atoms with Crippen LogP contribution in [0.15, 0.2) is 18.2 Å². The van der Waals surface area contributed by atoms with Gasteiger partial charge in [-0.05, 0) is 31.0 Å². The Hall–Kier alpha value is -1.22. The van der Waals surface area contributed by atoms with Crippen LogP contribution in [0.4, 0.5) is 5.69 Å². The molecule has 0 aromatic heterocycles. The van der Waals surface area contributed by atoms with E-state index in [1.807, 2.05) is 6.07 Å². The predicted octanol–water partition coefficient (Wildman–Crippen LogP) is 4.26. The first kappa shape index (κ1) is 14.2. The number of methoxy groups -OCH3 is 1. The van der Waals surface area contributed by atoms with Gasteiger partial charge in [-0.1, -0.05) is 37.3 Å². The van der Waals surface area contributed by atoms with Gasteiger partial charge in [0.15, 0.2) is 0 Å². The van der Waals surface area contributed by atoms with Gasteiger partial charge in [-0.15, -0.1) is 0 Å². The van der Waals surface area contributed by atoms with Crippen LogP contribution in [0.25, 0.3) is 0 Å². The molecule has 1 aliphatic rings. The molecule has 2 rings (SSSR count). The van der Waals surface area contributed by atoms with Gasteiger partial charge in [0, 0.05) is 11.6 Å². The highest BCUT2D eigenvalue weighted by molar-refractivity contribution is 6.32. The average molecular weight is 282 g/mol. The Morgan fingerprint density at radius 1 is 1.26 bits per heavy atom. The summed E-state index contributed by atoms with van der Waals surface area (Å²) in [5.74, 6) is 0.876. The molecule has 4 heteroatoms. The van der Waals surface area contributed by atoms with Crippen LogP contribution < -0.4 is 10.1 Å². The maximum Gasteiger partial charge on any atom is 0.227 e. The van der Waals surface area contributed by atoms with Gasteiger partial charge < -0.3 is 10.1 Å². The summed E-state index contributed by atoms with van der Waals surface area (Å²) in [6.45, 7) is 0. The summed E-state index contributed by atoms with van der Waals surface area (Å²) >= 11 is 6.05. The molecule has 0 aliphatic heterocycles. The van der Waals surface area contributed by atoms with Gasteiger partial charge in [0.05, 0.1) is 12.1 Å². The van der Waals surface area contributed by atoms with Crippen LogP contribution in [0.1, 0.15) is 38.5 Å². The monoisotopic (exact) mass is 281 g/mol. The minimum absolute atomic E-state index is 0.114. The van der Waals surface area contributed by atoms with Gasteiger partial charge >= 0.3 is 0 Å².